The maximum atomic E-state index is 4.99. The molecule has 0 N–H and O–H groups in total. The summed E-state index contributed by atoms with van der Waals surface area (Å²) in [6.07, 6.45) is 3.79. The molecule has 1 aliphatic heterocycles. The summed E-state index contributed by atoms with van der Waals surface area (Å²) < 4.78 is 0. The largest absolute Gasteiger partial charge is 0.356 e. The van der Waals surface area contributed by atoms with Gasteiger partial charge in [-0.15, -0.1) is 0 Å². The van der Waals surface area contributed by atoms with Gasteiger partial charge in [0.25, 0.3) is 0 Å². The predicted octanol–water partition coefficient (Wildman–Crippen LogP) is 5.16. The van der Waals surface area contributed by atoms with Crippen molar-refractivity contribution in [1.82, 2.24) is 9.97 Å². The molecule has 4 heteroatoms. The lowest BCUT2D eigenvalue weighted by atomic mass is 10.1. The molecule has 1 fully saturated rings. The molecule has 4 nitrogen and oxygen atoms in total. The Balaban J connectivity index is 1.71. The maximum Gasteiger partial charge on any atom is 0.228 e. The molecular formula is C24H28N4. The molecule has 0 aliphatic carbocycles. The van der Waals surface area contributed by atoms with Crippen molar-refractivity contribution in [2.45, 2.75) is 32.7 Å². The summed E-state index contributed by atoms with van der Waals surface area (Å²) in [6.45, 7) is 6.01. The summed E-state index contributed by atoms with van der Waals surface area (Å²) >= 11 is 0. The lowest BCUT2D eigenvalue weighted by molar-refractivity contribution is 0.572. The summed E-state index contributed by atoms with van der Waals surface area (Å²) in [7, 11) is 0. The Labute approximate surface area is 167 Å². The SMILES string of the molecule is CCN(Cc1ccccc1)c1nc(-c2ccccc2)cc(N2CCCCC2)n1. The first kappa shape index (κ1) is 18.5. The highest BCUT2D eigenvalue weighted by molar-refractivity contribution is 5.65. The molecule has 0 radical (unpaired) electrons. The van der Waals surface area contributed by atoms with Crippen molar-refractivity contribution < 1.29 is 0 Å². The molecule has 1 saturated heterocycles. The van der Waals surface area contributed by atoms with Gasteiger partial charge in [0.1, 0.15) is 5.82 Å². The van der Waals surface area contributed by atoms with Gasteiger partial charge in [0, 0.05) is 37.8 Å². The van der Waals surface area contributed by atoms with Crippen LogP contribution in [-0.2, 0) is 6.54 Å². The van der Waals surface area contributed by atoms with Gasteiger partial charge in [0.2, 0.25) is 5.95 Å². The van der Waals surface area contributed by atoms with Gasteiger partial charge in [0.05, 0.1) is 5.69 Å². The summed E-state index contributed by atoms with van der Waals surface area (Å²) in [5.74, 6) is 1.86. The van der Waals surface area contributed by atoms with Crippen molar-refractivity contribution in [1.29, 1.82) is 0 Å². The van der Waals surface area contributed by atoms with Crippen molar-refractivity contribution in [3.8, 4) is 11.3 Å². The van der Waals surface area contributed by atoms with Crippen LogP contribution in [0.5, 0.6) is 0 Å². The topological polar surface area (TPSA) is 32.3 Å². The second kappa shape index (κ2) is 8.87. The zero-order chi connectivity index (χ0) is 19.2. The van der Waals surface area contributed by atoms with Crippen molar-refractivity contribution in [2.75, 3.05) is 29.4 Å². The third-order valence-corrected chi connectivity index (χ3v) is 5.33. The lowest BCUT2D eigenvalue weighted by Crippen LogP contribution is -2.31. The van der Waals surface area contributed by atoms with E-state index in [0.29, 0.717) is 0 Å². The van der Waals surface area contributed by atoms with Crippen molar-refractivity contribution >= 4 is 11.8 Å². The van der Waals surface area contributed by atoms with Crippen molar-refractivity contribution in [3.05, 3.63) is 72.3 Å². The average Bonchev–Trinajstić information content (AvgIpc) is 2.79. The number of benzene rings is 2. The minimum absolute atomic E-state index is 0.813. The quantitative estimate of drug-likeness (QED) is 0.598. The highest BCUT2D eigenvalue weighted by Crippen LogP contribution is 2.27. The van der Waals surface area contributed by atoms with Crippen LogP contribution in [0, 0.1) is 0 Å². The van der Waals surface area contributed by atoms with E-state index in [0.717, 1.165) is 49.2 Å². The molecule has 4 rings (SSSR count). The van der Waals surface area contributed by atoms with E-state index in [4.69, 9.17) is 9.97 Å². The van der Waals surface area contributed by atoms with Crippen molar-refractivity contribution in [3.63, 3.8) is 0 Å². The number of piperidine rings is 1. The van der Waals surface area contributed by atoms with Crippen LogP contribution < -0.4 is 9.80 Å². The number of aromatic nitrogens is 2. The monoisotopic (exact) mass is 372 g/mol. The molecule has 2 aromatic carbocycles. The fraction of sp³-hybridized carbons (Fsp3) is 0.333. The molecular weight excluding hydrogens is 344 g/mol. The molecule has 0 spiro atoms. The first-order chi connectivity index (χ1) is 13.8. The molecule has 0 unspecified atom stereocenters. The molecule has 144 valence electrons. The van der Waals surface area contributed by atoms with Crippen LogP contribution in [0.2, 0.25) is 0 Å². The normalized spacial score (nSPS) is 14.1. The van der Waals surface area contributed by atoms with Gasteiger partial charge >= 0.3 is 0 Å². The van der Waals surface area contributed by atoms with E-state index < -0.39 is 0 Å². The number of hydrogen-bond donors (Lipinski definition) is 0. The minimum atomic E-state index is 0.813. The summed E-state index contributed by atoms with van der Waals surface area (Å²) in [5, 5.41) is 0. The van der Waals surface area contributed by atoms with E-state index in [2.05, 4.69) is 77.4 Å². The smallest absolute Gasteiger partial charge is 0.228 e. The third kappa shape index (κ3) is 4.33. The van der Waals surface area contributed by atoms with E-state index in [1.54, 1.807) is 0 Å². The Morgan fingerprint density at radius 2 is 1.54 bits per heavy atom. The molecule has 1 aromatic heterocycles. The van der Waals surface area contributed by atoms with Crippen LogP contribution >= 0.6 is 0 Å². The highest BCUT2D eigenvalue weighted by Gasteiger charge is 2.18. The number of hydrogen-bond acceptors (Lipinski definition) is 4. The number of anilines is 2. The van der Waals surface area contributed by atoms with E-state index >= 15 is 0 Å². The van der Waals surface area contributed by atoms with Gasteiger partial charge in [-0.05, 0) is 31.7 Å². The predicted molar refractivity (Wildman–Crippen MR) is 117 cm³/mol. The highest BCUT2D eigenvalue weighted by atomic mass is 15.3. The van der Waals surface area contributed by atoms with Crippen LogP contribution in [0.3, 0.4) is 0 Å². The zero-order valence-corrected chi connectivity index (χ0v) is 16.6. The third-order valence-electron chi connectivity index (χ3n) is 5.33. The van der Waals surface area contributed by atoms with Gasteiger partial charge in [-0.2, -0.15) is 4.98 Å². The second-order valence-corrected chi connectivity index (χ2v) is 7.32. The Morgan fingerprint density at radius 1 is 0.857 bits per heavy atom. The fourth-order valence-electron chi connectivity index (χ4n) is 3.73. The Kier molecular flexibility index (Phi) is 5.86. The molecule has 3 aromatic rings. The van der Waals surface area contributed by atoms with E-state index in [9.17, 15) is 0 Å². The van der Waals surface area contributed by atoms with E-state index in [1.165, 1.54) is 24.8 Å². The number of rotatable bonds is 6. The molecule has 2 heterocycles. The second-order valence-electron chi connectivity index (χ2n) is 7.32. The van der Waals surface area contributed by atoms with Crippen LogP contribution in [0.15, 0.2) is 66.7 Å². The molecule has 0 bridgehead atoms. The lowest BCUT2D eigenvalue weighted by Gasteiger charge is -2.29. The Hall–Kier alpha value is -2.88. The van der Waals surface area contributed by atoms with Crippen LogP contribution in [-0.4, -0.2) is 29.6 Å². The van der Waals surface area contributed by atoms with Crippen LogP contribution in [0.25, 0.3) is 11.3 Å². The Bertz CT molecular complexity index is 874. The maximum absolute atomic E-state index is 4.99. The molecule has 1 aliphatic rings. The molecule has 28 heavy (non-hydrogen) atoms. The standard InChI is InChI=1S/C24H28N4/c1-2-27(19-20-12-6-3-7-13-20)24-25-22(21-14-8-4-9-15-21)18-23(26-24)28-16-10-5-11-17-28/h3-4,6-9,12-15,18H,2,5,10-11,16-17,19H2,1H3. The summed E-state index contributed by atoms with van der Waals surface area (Å²) in [4.78, 5) is 14.6. The zero-order valence-electron chi connectivity index (χ0n) is 16.6. The minimum Gasteiger partial charge on any atom is -0.356 e. The summed E-state index contributed by atoms with van der Waals surface area (Å²) in [5.41, 5.74) is 3.41. The molecule has 0 saturated carbocycles. The molecule has 0 atom stereocenters. The summed E-state index contributed by atoms with van der Waals surface area (Å²) in [6, 6.07) is 23.1. The van der Waals surface area contributed by atoms with E-state index in [-0.39, 0.29) is 0 Å². The van der Waals surface area contributed by atoms with Gasteiger partial charge in [-0.1, -0.05) is 60.7 Å². The van der Waals surface area contributed by atoms with Gasteiger partial charge < -0.3 is 9.80 Å². The number of nitrogens with zero attached hydrogens (tertiary/aromatic N) is 4. The van der Waals surface area contributed by atoms with Gasteiger partial charge in [0.15, 0.2) is 0 Å². The van der Waals surface area contributed by atoms with Crippen LogP contribution in [0.1, 0.15) is 31.7 Å². The fourth-order valence-corrected chi connectivity index (χ4v) is 3.73. The van der Waals surface area contributed by atoms with Gasteiger partial charge in [-0.25, -0.2) is 4.98 Å². The average molecular weight is 373 g/mol. The van der Waals surface area contributed by atoms with Gasteiger partial charge in [-0.3, -0.25) is 0 Å². The first-order valence-electron chi connectivity index (χ1n) is 10.3. The Morgan fingerprint density at radius 3 is 2.21 bits per heavy atom. The van der Waals surface area contributed by atoms with E-state index in [1.807, 2.05) is 6.07 Å². The molecule has 0 amide bonds. The van der Waals surface area contributed by atoms with Crippen LogP contribution in [0.4, 0.5) is 11.8 Å². The first-order valence-corrected chi connectivity index (χ1v) is 10.3. The van der Waals surface area contributed by atoms with Crippen molar-refractivity contribution in [2.24, 2.45) is 0 Å².